The van der Waals surface area contributed by atoms with E-state index in [1.807, 2.05) is 18.2 Å². The van der Waals surface area contributed by atoms with Crippen LogP contribution in [0.1, 0.15) is 155 Å². The number of ether oxygens (including phenoxy) is 3. The Morgan fingerprint density at radius 2 is 1.06 bits per heavy atom. The van der Waals surface area contributed by atoms with Crippen LogP contribution in [0, 0.1) is 0 Å². The summed E-state index contributed by atoms with van der Waals surface area (Å²) in [5.41, 5.74) is 0. The van der Waals surface area contributed by atoms with E-state index in [1.165, 1.54) is 38.5 Å². The molecule has 64 heavy (non-hydrogen) atoms. The lowest BCUT2D eigenvalue weighted by atomic mass is 9.85. The molecule has 366 valence electrons. The monoisotopic (exact) mass is 925 g/mol. The maximum absolute atomic E-state index is 12.8. The van der Waals surface area contributed by atoms with E-state index in [1.54, 1.807) is 0 Å². The molecule has 0 bridgehead atoms. The summed E-state index contributed by atoms with van der Waals surface area (Å²) in [5.74, 6) is -1.22. The summed E-state index contributed by atoms with van der Waals surface area (Å²) in [7, 11) is -5.15. The summed E-state index contributed by atoms with van der Waals surface area (Å²) in [6.45, 7) is 3.15. The maximum Gasteiger partial charge on any atom is 0.472 e. The first-order valence-corrected chi connectivity index (χ1v) is 25.4. The quantitative estimate of drug-likeness (QED) is 0.0113. The van der Waals surface area contributed by atoms with Gasteiger partial charge in [0.1, 0.15) is 43.2 Å². The van der Waals surface area contributed by atoms with Crippen molar-refractivity contribution in [2.45, 2.75) is 210 Å². The molecule has 14 nitrogen and oxygen atoms in total. The summed E-state index contributed by atoms with van der Waals surface area (Å²) in [6, 6.07) is 0. The number of phosphoric ester groups is 1. The number of carbonyl (C=O) groups excluding carboxylic acids is 2. The molecule has 0 spiro atoms. The lowest BCUT2D eigenvalue weighted by molar-refractivity contribution is -0.220. The SMILES string of the molecule is CCCCC/C=C\C/C=C\C/C=C\C/C=C\C/C=C\CCC(=O)O[C@H](COC(=O)CCCCCCCC1OC1C/C=C\CCCCC)COP(=O)(O)OC1[C@H](O)[C@H](O)C(O)[C@H](O)[C@H]1O. The molecule has 0 aromatic carbocycles. The highest BCUT2D eigenvalue weighted by molar-refractivity contribution is 7.47. The molecule has 0 aromatic rings. The van der Waals surface area contributed by atoms with E-state index < -0.39 is 75.7 Å². The Hall–Kier alpha value is -2.75. The lowest BCUT2D eigenvalue weighted by Gasteiger charge is -2.41. The van der Waals surface area contributed by atoms with Gasteiger partial charge in [-0.3, -0.25) is 18.6 Å². The van der Waals surface area contributed by atoms with Gasteiger partial charge in [0.25, 0.3) is 0 Å². The second-order valence-electron chi connectivity index (χ2n) is 16.6. The van der Waals surface area contributed by atoms with Crippen molar-refractivity contribution in [1.29, 1.82) is 0 Å². The van der Waals surface area contributed by atoms with E-state index in [0.29, 0.717) is 31.5 Å². The topological polar surface area (TPSA) is 222 Å². The number of esters is 2. The Balaban J connectivity index is 1.74. The van der Waals surface area contributed by atoms with Gasteiger partial charge in [0.2, 0.25) is 0 Å². The van der Waals surface area contributed by atoms with Crippen LogP contribution in [-0.2, 0) is 37.4 Å². The van der Waals surface area contributed by atoms with Crippen LogP contribution in [-0.4, -0.2) is 111 Å². The van der Waals surface area contributed by atoms with E-state index in [4.69, 9.17) is 23.3 Å². The zero-order chi connectivity index (χ0) is 46.8. The van der Waals surface area contributed by atoms with Gasteiger partial charge >= 0.3 is 19.8 Å². The fourth-order valence-electron chi connectivity index (χ4n) is 6.98. The first-order valence-electron chi connectivity index (χ1n) is 23.9. The van der Waals surface area contributed by atoms with Crippen LogP contribution >= 0.6 is 7.82 Å². The summed E-state index contributed by atoms with van der Waals surface area (Å²) >= 11 is 0. The minimum Gasteiger partial charge on any atom is -0.462 e. The third-order valence-corrected chi connectivity index (χ3v) is 11.9. The number of aliphatic hydroxyl groups is 5. The minimum atomic E-state index is -5.15. The Labute approximate surface area is 382 Å². The summed E-state index contributed by atoms with van der Waals surface area (Å²) in [6.07, 6.45) is 32.7. The van der Waals surface area contributed by atoms with E-state index in [2.05, 4.69) is 68.5 Å². The van der Waals surface area contributed by atoms with Crippen molar-refractivity contribution < 1.29 is 67.8 Å². The number of epoxide rings is 1. The smallest absolute Gasteiger partial charge is 0.462 e. The van der Waals surface area contributed by atoms with Crippen LogP contribution in [0.25, 0.3) is 0 Å². The highest BCUT2D eigenvalue weighted by Gasteiger charge is 2.51. The largest absolute Gasteiger partial charge is 0.472 e. The lowest BCUT2D eigenvalue weighted by Crippen LogP contribution is -2.64. The molecule has 2 rings (SSSR count). The average Bonchev–Trinajstić information content (AvgIpc) is 4.03. The molecule has 1 saturated heterocycles. The maximum atomic E-state index is 12.8. The minimum absolute atomic E-state index is 0.0366. The number of hydrogen-bond donors (Lipinski definition) is 6. The highest BCUT2D eigenvalue weighted by atomic mass is 31.2. The van der Waals surface area contributed by atoms with Gasteiger partial charge in [0.05, 0.1) is 18.8 Å². The van der Waals surface area contributed by atoms with Gasteiger partial charge in [0.15, 0.2) is 6.10 Å². The van der Waals surface area contributed by atoms with Crippen molar-refractivity contribution in [3.63, 3.8) is 0 Å². The Morgan fingerprint density at radius 1 is 0.562 bits per heavy atom. The molecule has 2 aliphatic rings. The van der Waals surface area contributed by atoms with Gasteiger partial charge in [-0.2, -0.15) is 0 Å². The van der Waals surface area contributed by atoms with Crippen LogP contribution in [0.2, 0.25) is 0 Å². The van der Waals surface area contributed by atoms with Gasteiger partial charge in [-0.05, 0) is 77.0 Å². The number of allylic oxidation sites excluding steroid dienone is 11. The summed E-state index contributed by atoms with van der Waals surface area (Å²) in [5, 5.41) is 50.2. The van der Waals surface area contributed by atoms with Crippen LogP contribution in [0.3, 0.4) is 0 Å². The molecule has 0 radical (unpaired) electrons. The normalized spacial score (nSPS) is 25.4. The van der Waals surface area contributed by atoms with Crippen molar-refractivity contribution in [2.75, 3.05) is 13.2 Å². The summed E-state index contributed by atoms with van der Waals surface area (Å²) in [4.78, 5) is 35.7. The molecule has 10 atom stereocenters. The van der Waals surface area contributed by atoms with Gasteiger partial charge in [-0.25, -0.2) is 4.57 Å². The van der Waals surface area contributed by atoms with Gasteiger partial charge in [-0.1, -0.05) is 138 Å². The zero-order valence-corrected chi connectivity index (χ0v) is 39.4. The predicted molar refractivity (Wildman–Crippen MR) is 248 cm³/mol. The van der Waals surface area contributed by atoms with Crippen molar-refractivity contribution >= 4 is 19.8 Å². The van der Waals surface area contributed by atoms with E-state index >= 15 is 0 Å². The fourth-order valence-corrected chi connectivity index (χ4v) is 7.95. The Kier molecular flexibility index (Phi) is 31.8. The molecule has 1 saturated carbocycles. The second kappa shape index (κ2) is 35.4. The van der Waals surface area contributed by atoms with Gasteiger partial charge in [0, 0.05) is 12.8 Å². The zero-order valence-electron chi connectivity index (χ0n) is 38.5. The molecule has 2 fully saturated rings. The second-order valence-corrected chi connectivity index (χ2v) is 18.0. The number of aliphatic hydroxyl groups excluding tert-OH is 5. The number of phosphoric acid groups is 1. The molecule has 15 heteroatoms. The van der Waals surface area contributed by atoms with Crippen LogP contribution < -0.4 is 0 Å². The summed E-state index contributed by atoms with van der Waals surface area (Å²) < 4.78 is 39.3. The van der Waals surface area contributed by atoms with Crippen molar-refractivity contribution in [3.05, 3.63) is 72.9 Å². The Bertz CT molecular complexity index is 1460. The molecule has 1 heterocycles. The predicted octanol–water partition coefficient (Wildman–Crippen LogP) is 8.49. The van der Waals surface area contributed by atoms with Crippen molar-refractivity contribution in [1.82, 2.24) is 0 Å². The van der Waals surface area contributed by atoms with Gasteiger partial charge in [-0.15, -0.1) is 0 Å². The number of rotatable bonds is 37. The van der Waals surface area contributed by atoms with E-state index in [-0.39, 0.29) is 12.8 Å². The number of hydrogen-bond acceptors (Lipinski definition) is 13. The first-order chi connectivity index (χ1) is 30.9. The van der Waals surface area contributed by atoms with Crippen molar-refractivity contribution in [2.24, 2.45) is 0 Å². The van der Waals surface area contributed by atoms with E-state index in [0.717, 1.165) is 70.6 Å². The fraction of sp³-hybridized carbons (Fsp3) is 0.714. The molecule has 1 aliphatic carbocycles. The molecule has 5 unspecified atom stereocenters. The first kappa shape index (κ1) is 57.4. The van der Waals surface area contributed by atoms with E-state index in [9.17, 15) is 44.6 Å². The van der Waals surface area contributed by atoms with Crippen LogP contribution in [0.15, 0.2) is 72.9 Å². The molecular formula is C49H81O14P. The molecule has 6 N–H and O–H groups in total. The van der Waals surface area contributed by atoms with Crippen LogP contribution in [0.4, 0.5) is 0 Å². The molecule has 1 aliphatic heterocycles. The van der Waals surface area contributed by atoms with Gasteiger partial charge < -0.3 is 44.6 Å². The standard InChI is InChI=1S/C49H81O14P/c1-3-5-7-9-11-12-13-14-15-16-17-18-19-20-21-22-23-27-32-36-43(51)61-39(38-60-64(57,58)63-49-47(55)45(53)44(52)46(54)48(49)56)37-59-42(50)35-31-28-24-26-30-34-41-40(62-41)33-29-25-10-8-6-4-2/h11-12,14-15,17-18,20-21,23,25,27,29,39-41,44-49,52-56H,3-10,13,16,19,22,24,26,28,30-38H2,1-2H3,(H,57,58)/b12-11-,15-14-,18-17-,21-20-,27-23-,29-25-/t39-,40?,41?,44?,45-,46+,47-,48-,49?/m1/s1. The third-order valence-electron chi connectivity index (χ3n) is 11.0. The molecule has 0 amide bonds. The van der Waals surface area contributed by atoms with Crippen LogP contribution in [0.5, 0.6) is 0 Å². The highest BCUT2D eigenvalue weighted by Crippen LogP contribution is 2.47. The molecule has 0 aromatic heterocycles. The molecular weight excluding hydrogens is 843 g/mol. The van der Waals surface area contributed by atoms with Crippen molar-refractivity contribution in [3.8, 4) is 0 Å². The number of unbranched alkanes of at least 4 members (excludes halogenated alkanes) is 10. The third kappa shape index (κ3) is 27.0. The Morgan fingerprint density at radius 3 is 1.64 bits per heavy atom. The number of carbonyl (C=O) groups is 2. The average molecular weight is 925 g/mol.